The predicted octanol–water partition coefficient (Wildman–Crippen LogP) is 3.47. The van der Waals surface area contributed by atoms with Crippen molar-refractivity contribution in [2.75, 3.05) is 6.54 Å². The molecule has 0 radical (unpaired) electrons. The molecule has 0 aliphatic carbocycles. The van der Waals surface area contributed by atoms with Crippen molar-refractivity contribution in [2.24, 2.45) is 0 Å². The summed E-state index contributed by atoms with van der Waals surface area (Å²) < 4.78 is 5.36. The van der Waals surface area contributed by atoms with Gasteiger partial charge in [-0.15, -0.1) is 11.3 Å². The summed E-state index contributed by atoms with van der Waals surface area (Å²) in [6.45, 7) is 0.0356. The Hall–Kier alpha value is -2.15. The van der Waals surface area contributed by atoms with Crippen LogP contribution in [0.2, 0.25) is 0 Å². The highest BCUT2D eigenvalue weighted by Gasteiger charge is 2.35. The summed E-state index contributed by atoms with van der Waals surface area (Å²) in [6.07, 6.45) is 4.70. The van der Waals surface area contributed by atoms with E-state index in [2.05, 4.69) is 5.32 Å². The van der Waals surface area contributed by atoms with Gasteiger partial charge in [-0.1, -0.05) is 6.07 Å². The number of nitrogens with one attached hydrogen (secondary N) is 1. The molecule has 23 heavy (non-hydrogen) atoms. The lowest BCUT2D eigenvalue weighted by Crippen LogP contribution is -2.40. The molecule has 3 heterocycles. The number of rotatable bonds is 6. The highest BCUT2D eigenvalue weighted by atomic mass is 32.1. The van der Waals surface area contributed by atoms with Crippen molar-refractivity contribution in [2.45, 2.75) is 5.60 Å². The average molecular weight is 345 g/mol. The summed E-state index contributed by atoms with van der Waals surface area (Å²) in [5.41, 5.74) is -0.395. The highest BCUT2D eigenvalue weighted by Crippen LogP contribution is 2.32. The Balaban J connectivity index is 1.71. The maximum atomic E-state index is 12.0. The van der Waals surface area contributed by atoms with Crippen molar-refractivity contribution in [3.05, 3.63) is 75.0 Å². The Morgan fingerprint density at radius 3 is 2.87 bits per heavy atom. The summed E-state index contributed by atoms with van der Waals surface area (Å²) in [6, 6.07) is 9.02. The normalized spacial score (nSPS) is 14.0. The van der Waals surface area contributed by atoms with E-state index in [9.17, 15) is 9.90 Å². The molecule has 0 saturated heterocycles. The maximum absolute atomic E-state index is 12.0. The lowest BCUT2D eigenvalue weighted by Gasteiger charge is -2.24. The minimum Gasteiger partial charge on any atom is -0.466 e. The minimum atomic E-state index is -1.37. The number of hydrogen-bond donors (Lipinski definition) is 2. The van der Waals surface area contributed by atoms with Gasteiger partial charge in [0.05, 0.1) is 12.8 Å². The molecule has 3 rings (SSSR count). The first-order valence-corrected chi connectivity index (χ1v) is 8.79. The standard InChI is InChI=1S/C17H15NO3S2/c19-16(6-5-13-7-10-22-11-13)18-12-17(20,14-3-1-8-21-14)15-4-2-9-23-15/h1-11,20H,12H2,(H,18,19)/b6-5+. The first-order chi connectivity index (χ1) is 11.2. The van der Waals surface area contributed by atoms with Gasteiger partial charge >= 0.3 is 0 Å². The van der Waals surface area contributed by atoms with E-state index in [0.717, 1.165) is 10.4 Å². The van der Waals surface area contributed by atoms with Crippen molar-refractivity contribution in [1.29, 1.82) is 0 Å². The molecule has 1 atom stereocenters. The van der Waals surface area contributed by atoms with E-state index >= 15 is 0 Å². The van der Waals surface area contributed by atoms with Gasteiger partial charge in [0.15, 0.2) is 5.60 Å². The largest absolute Gasteiger partial charge is 0.466 e. The monoisotopic (exact) mass is 345 g/mol. The first kappa shape index (κ1) is 15.7. The summed E-state index contributed by atoms with van der Waals surface area (Å²) in [5.74, 6) is 0.139. The van der Waals surface area contributed by atoms with Crippen molar-refractivity contribution < 1.29 is 14.3 Å². The molecule has 0 aromatic carbocycles. The number of carbonyl (C=O) groups is 1. The zero-order valence-electron chi connectivity index (χ0n) is 12.1. The molecule has 0 fully saturated rings. The van der Waals surface area contributed by atoms with Crippen LogP contribution in [0.5, 0.6) is 0 Å². The smallest absolute Gasteiger partial charge is 0.244 e. The first-order valence-electron chi connectivity index (χ1n) is 6.97. The molecule has 3 aromatic heterocycles. The van der Waals surface area contributed by atoms with Crippen LogP contribution in [0.3, 0.4) is 0 Å². The fourth-order valence-electron chi connectivity index (χ4n) is 2.14. The quantitative estimate of drug-likeness (QED) is 0.673. The molecule has 118 valence electrons. The van der Waals surface area contributed by atoms with E-state index in [-0.39, 0.29) is 12.5 Å². The summed E-state index contributed by atoms with van der Waals surface area (Å²) in [4.78, 5) is 12.7. The fourth-order valence-corrected chi connectivity index (χ4v) is 3.60. The number of amides is 1. The van der Waals surface area contributed by atoms with Crippen LogP contribution in [0.1, 0.15) is 16.2 Å². The Kier molecular flexibility index (Phi) is 4.76. The van der Waals surface area contributed by atoms with Gasteiger partial charge < -0.3 is 14.8 Å². The molecule has 2 N–H and O–H groups in total. The topological polar surface area (TPSA) is 62.5 Å². The fraction of sp³-hybridized carbons (Fsp3) is 0.118. The van der Waals surface area contributed by atoms with Crippen molar-refractivity contribution in [3.8, 4) is 0 Å². The van der Waals surface area contributed by atoms with Crippen molar-refractivity contribution in [3.63, 3.8) is 0 Å². The molecular formula is C17H15NO3S2. The van der Waals surface area contributed by atoms with Crippen LogP contribution in [-0.4, -0.2) is 17.6 Å². The van der Waals surface area contributed by atoms with E-state index in [4.69, 9.17) is 4.42 Å². The van der Waals surface area contributed by atoms with Gasteiger partial charge in [0.2, 0.25) is 5.91 Å². The third kappa shape index (κ3) is 3.61. The molecule has 3 aromatic rings. The Morgan fingerprint density at radius 1 is 1.30 bits per heavy atom. The minimum absolute atomic E-state index is 0.0356. The van der Waals surface area contributed by atoms with Crippen LogP contribution < -0.4 is 5.32 Å². The lowest BCUT2D eigenvalue weighted by molar-refractivity contribution is -0.117. The number of hydrogen-bond acceptors (Lipinski definition) is 5. The van der Waals surface area contributed by atoms with Crippen molar-refractivity contribution >= 4 is 34.7 Å². The van der Waals surface area contributed by atoms with E-state index in [1.807, 2.05) is 34.3 Å². The second-order valence-electron chi connectivity index (χ2n) is 4.92. The molecule has 0 spiro atoms. The van der Waals surface area contributed by atoms with Crippen LogP contribution in [0.15, 0.2) is 63.2 Å². The van der Waals surface area contributed by atoms with Gasteiger partial charge in [-0.3, -0.25) is 4.79 Å². The summed E-state index contributed by atoms with van der Waals surface area (Å²) in [5, 5.41) is 19.5. The maximum Gasteiger partial charge on any atom is 0.244 e. The molecule has 0 saturated carbocycles. The van der Waals surface area contributed by atoms with Gasteiger partial charge in [0.25, 0.3) is 0 Å². The number of furan rings is 1. The Morgan fingerprint density at radius 2 is 2.22 bits per heavy atom. The zero-order valence-corrected chi connectivity index (χ0v) is 13.8. The second kappa shape index (κ2) is 6.95. The van der Waals surface area contributed by atoms with Crippen LogP contribution in [0.4, 0.5) is 0 Å². The highest BCUT2D eigenvalue weighted by molar-refractivity contribution is 7.10. The molecule has 1 amide bonds. The molecule has 0 aliphatic heterocycles. The van der Waals surface area contributed by atoms with Gasteiger partial charge in [0.1, 0.15) is 5.76 Å². The van der Waals surface area contributed by atoms with Gasteiger partial charge in [-0.25, -0.2) is 0 Å². The van der Waals surface area contributed by atoms with Crippen molar-refractivity contribution in [1.82, 2.24) is 5.32 Å². The third-order valence-corrected chi connectivity index (χ3v) is 5.07. The number of carbonyl (C=O) groups excluding carboxylic acids is 1. The van der Waals surface area contributed by atoms with Crippen LogP contribution in [0, 0.1) is 0 Å². The number of aliphatic hydroxyl groups is 1. The van der Waals surface area contributed by atoms with E-state index in [1.54, 1.807) is 29.5 Å². The van der Waals surface area contributed by atoms with E-state index in [1.165, 1.54) is 23.7 Å². The Labute approximate surface area is 141 Å². The van der Waals surface area contributed by atoms with Gasteiger partial charge in [-0.2, -0.15) is 11.3 Å². The summed E-state index contributed by atoms with van der Waals surface area (Å²) >= 11 is 2.98. The molecular weight excluding hydrogens is 330 g/mol. The average Bonchev–Trinajstić information content (AvgIpc) is 3.33. The van der Waals surface area contributed by atoms with Crippen LogP contribution in [0.25, 0.3) is 6.08 Å². The molecule has 0 aliphatic rings. The zero-order chi connectivity index (χ0) is 16.1. The van der Waals surface area contributed by atoms with E-state index in [0.29, 0.717) is 5.76 Å². The summed E-state index contributed by atoms with van der Waals surface area (Å²) in [7, 11) is 0. The second-order valence-corrected chi connectivity index (χ2v) is 6.65. The van der Waals surface area contributed by atoms with Crippen LogP contribution in [-0.2, 0) is 10.4 Å². The van der Waals surface area contributed by atoms with E-state index < -0.39 is 5.60 Å². The number of thiophene rings is 2. The lowest BCUT2D eigenvalue weighted by atomic mass is 9.98. The molecule has 4 nitrogen and oxygen atoms in total. The Bertz CT molecular complexity index is 725. The predicted molar refractivity (Wildman–Crippen MR) is 92.4 cm³/mol. The van der Waals surface area contributed by atoms with Gasteiger partial charge in [-0.05, 0) is 52.0 Å². The van der Waals surface area contributed by atoms with Gasteiger partial charge in [0, 0.05) is 11.0 Å². The molecule has 1 unspecified atom stereocenters. The molecule has 0 bridgehead atoms. The SMILES string of the molecule is O=C(/C=C/c1ccsc1)NCC(O)(c1ccco1)c1cccs1. The molecule has 6 heteroatoms. The third-order valence-electron chi connectivity index (χ3n) is 3.35. The van der Waals surface area contributed by atoms with Crippen LogP contribution >= 0.6 is 22.7 Å².